The third-order valence-corrected chi connectivity index (χ3v) is 6.06. The molecule has 2 saturated heterocycles. The summed E-state index contributed by atoms with van der Waals surface area (Å²) >= 11 is 0. The summed E-state index contributed by atoms with van der Waals surface area (Å²) in [4.78, 5) is 2.48. The highest BCUT2D eigenvalue weighted by atomic mass is 16.2. The summed E-state index contributed by atoms with van der Waals surface area (Å²) in [7, 11) is -0.797. The molecule has 1 aromatic carbocycles. The summed E-state index contributed by atoms with van der Waals surface area (Å²) in [6.07, 6.45) is 2.34. The molecule has 4 atom stereocenters. The summed E-state index contributed by atoms with van der Waals surface area (Å²) in [5.41, 5.74) is 1.37. The number of nitrogens with one attached hydrogen (secondary N) is 3. The topological polar surface area (TPSA) is 79.8 Å². The number of hydrogen-bond acceptors (Lipinski definition) is 6. The van der Waals surface area contributed by atoms with Crippen LogP contribution in [0.2, 0.25) is 13.6 Å². The summed E-state index contributed by atoms with van der Waals surface area (Å²) in [5.74, 6) is 1.33. The molecule has 1 aromatic rings. The number of benzene rings is 1. The first-order valence-electron chi connectivity index (χ1n) is 11.3. The van der Waals surface area contributed by atoms with Crippen molar-refractivity contribution < 1.29 is 10.0 Å². The van der Waals surface area contributed by atoms with Crippen molar-refractivity contribution in [3.05, 3.63) is 35.9 Å². The van der Waals surface area contributed by atoms with E-state index in [9.17, 15) is 5.02 Å². The van der Waals surface area contributed by atoms with Gasteiger partial charge < -0.3 is 25.8 Å². The first-order chi connectivity index (χ1) is 13.9. The highest BCUT2D eigenvalue weighted by molar-refractivity contribution is 6.45. The third-order valence-electron chi connectivity index (χ3n) is 6.06. The lowest BCUT2D eigenvalue weighted by atomic mass is 9.85. The molecular weight excluding hydrogens is 362 g/mol. The second-order valence-electron chi connectivity index (χ2n) is 8.57. The van der Waals surface area contributed by atoms with Crippen LogP contribution < -0.4 is 15.8 Å². The monoisotopic (exact) mass is 402 g/mol. The van der Waals surface area contributed by atoms with Gasteiger partial charge in [-0.2, -0.15) is 0 Å². The van der Waals surface area contributed by atoms with Gasteiger partial charge >= 0.3 is 14.1 Å². The fraction of sp³-hybridized carbons (Fsp3) is 0.714. The van der Waals surface area contributed by atoms with E-state index in [0.717, 1.165) is 39.1 Å². The standard InChI is InChI=1S/C14H23BN2O.C7H17BN2O/c1-3-13-10-17(11-14(13)16-15(2)18)9-12-7-5-4-6-8-12;1-3-6-4-9-5-7(6)10-8(2)11/h4-8,13-14,16,18H,3,9-11H2,1-2H3;6-7,9-11H,3-5H2,1-2H3/t13-,14?;6-,7?/m00/s1. The largest absolute Gasteiger partial charge is 0.437 e. The van der Waals surface area contributed by atoms with Crippen LogP contribution in [-0.2, 0) is 6.54 Å². The van der Waals surface area contributed by atoms with Crippen molar-refractivity contribution in [2.24, 2.45) is 11.8 Å². The van der Waals surface area contributed by atoms with Crippen LogP contribution in [0.5, 0.6) is 0 Å². The molecule has 0 bridgehead atoms. The van der Waals surface area contributed by atoms with Crippen LogP contribution in [0, 0.1) is 11.8 Å². The summed E-state index contributed by atoms with van der Waals surface area (Å²) in [6.45, 7) is 13.2. The van der Waals surface area contributed by atoms with E-state index in [2.05, 4.69) is 64.9 Å². The van der Waals surface area contributed by atoms with Crippen molar-refractivity contribution in [3.63, 3.8) is 0 Å². The Morgan fingerprint density at radius 3 is 2.14 bits per heavy atom. The maximum atomic E-state index is 9.47. The molecule has 3 rings (SSSR count). The molecular formula is C21H40B2N4O2. The minimum absolute atomic E-state index is 0.381. The summed E-state index contributed by atoms with van der Waals surface area (Å²) in [6, 6.07) is 11.5. The molecule has 0 radical (unpaired) electrons. The normalized spacial score (nSPS) is 26.8. The van der Waals surface area contributed by atoms with E-state index in [1.165, 1.54) is 12.0 Å². The first kappa shape index (κ1) is 24.4. The van der Waals surface area contributed by atoms with Crippen LogP contribution in [0.1, 0.15) is 32.3 Å². The Morgan fingerprint density at radius 2 is 1.55 bits per heavy atom. The van der Waals surface area contributed by atoms with E-state index < -0.39 is 7.05 Å². The fourth-order valence-corrected chi connectivity index (χ4v) is 4.51. The van der Waals surface area contributed by atoms with Gasteiger partial charge in [-0.05, 0) is 37.6 Å². The average Bonchev–Trinajstić information content (AvgIpc) is 3.28. The predicted molar refractivity (Wildman–Crippen MR) is 124 cm³/mol. The predicted octanol–water partition coefficient (Wildman–Crippen LogP) is 1.28. The Balaban J connectivity index is 0.000000234. The molecule has 0 aromatic heterocycles. The SMILES string of the molecule is CC[C@H]1CN(Cc2ccccc2)CC1NB(C)O.CC[C@H]1CNCC1NB(C)O. The van der Waals surface area contributed by atoms with Gasteiger partial charge in [0, 0.05) is 38.3 Å². The molecule has 5 N–H and O–H groups in total. The molecule has 29 heavy (non-hydrogen) atoms. The molecule has 162 valence electrons. The number of rotatable bonds is 8. The second kappa shape index (κ2) is 12.7. The molecule has 2 heterocycles. The van der Waals surface area contributed by atoms with E-state index in [1.54, 1.807) is 13.6 Å². The molecule has 0 amide bonds. The van der Waals surface area contributed by atoms with E-state index in [4.69, 9.17) is 5.02 Å². The van der Waals surface area contributed by atoms with Crippen LogP contribution in [-0.4, -0.2) is 67.3 Å². The zero-order chi connectivity index (χ0) is 21.2. The van der Waals surface area contributed by atoms with E-state index in [1.807, 2.05) is 0 Å². The Morgan fingerprint density at radius 1 is 0.931 bits per heavy atom. The van der Waals surface area contributed by atoms with Crippen LogP contribution in [0.4, 0.5) is 0 Å². The van der Waals surface area contributed by atoms with Crippen molar-refractivity contribution in [2.45, 2.75) is 59.0 Å². The Hall–Kier alpha value is -0.890. The molecule has 0 saturated carbocycles. The zero-order valence-corrected chi connectivity index (χ0v) is 18.6. The Bertz CT molecular complexity index is 565. The molecule has 2 aliphatic heterocycles. The van der Waals surface area contributed by atoms with E-state index >= 15 is 0 Å². The fourth-order valence-electron chi connectivity index (χ4n) is 4.51. The molecule has 2 aliphatic rings. The molecule has 2 unspecified atom stereocenters. The number of hydrogen-bond donors (Lipinski definition) is 5. The molecule has 0 aliphatic carbocycles. The van der Waals surface area contributed by atoms with Crippen LogP contribution in [0.3, 0.4) is 0 Å². The quantitative estimate of drug-likeness (QED) is 0.422. The van der Waals surface area contributed by atoms with Gasteiger partial charge in [0.05, 0.1) is 0 Å². The smallest absolute Gasteiger partial charge is 0.373 e. The highest BCUT2D eigenvalue weighted by Crippen LogP contribution is 2.22. The van der Waals surface area contributed by atoms with Gasteiger partial charge in [0.15, 0.2) is 0 Å². The average molecular weight is 402 g/mol. The number of nitrogens with zero attached hydrogens (tertiary/aromatic N) is 1. The van der Waals surface area contributed by atoms with Gasteiger partial charge in [-0.25, -0.2) is 0 Å². The first-order valence-corrected chi connectivity index (χ1v) is 11.3. The summed E-state index contributed by atoms with van der Waals surface area (Å²) in [5, 5.41) is 28.3. The van der Waals surface area contributed by atoms with Crippen LogP contribution >= 0.6 is 0 Å². The van der Waals surface area contributed by atoms with Gasteiger partial charge in [-0.15, -0.1) is 0 Å². The van der Waals surface area contributed by atoms with Gasteiger partial charge in [-0.1, -0.05) is 57.0 Å². The van der Waals surface area contributed by atoms with Crippen LogP contribution in [0.25, 0.3) is 0 Å². The highest BCUT2D eigenvalue weighted by Gasteiger charge is 2.32. The lowest BCUT2D eigenvalue weighted by Crippen LogP contribution is -2.44. The lowest BCUT2D eigenvalue weighted by Gasteiger charge is -2.18. The molecule has 0 spiro atoms. The molecule has 2 fully saturated rings. The van der Waals surface area contributed by atoms with E-state index in [0.29, 0.717) is 23.9 Å². The van der Waals surface area contributed by atoms with Crippen molar-refractivity contribution in [1.29, 1.82) is 0 Å². The second-order valence-corrected chi connectivity index (χ2v) is 8.57. The minimum atomic E-state index is -0.416. The van der Waals surface area contributed by atoms with Gasteiger partial charge in [0.1, 0.15) is 0 Å². The van der Waals surface area contributed by atoms with Crippen LogP contribution in [0.15, 0.2) is 30.3 Å². The van der Waals surface area contributed by atoms with E-state index in [-0.39, 0.29) is 7.05 Å². The lowest BCUT2D eigenvalue weighted by molar-refractivity contribution is 0.314. The Kier molecular flexibility index (Phi) is 10.7. The van der Waals surface area contributed by atoms with Crippen molar-refractivity contribution in [3.8, 4) is 0 Å². The van der Waals surface area contributed by atoms with Gasteiger partial charge in [-0.3, -0.25) is 4.90 Å². The Labute approximate surface area is 178 Å². The maximum absolute atomic E-state index is 9.47. The third kappa shape index (κ3) is 8.40. The number of likely N-dealkylation sites (tertiary alicyclic amines) is 1. The molecule has 6 nitrogen and oxygen atoms in total. The minimum Gasteiger partial charge on any atom is -0.437 e. The zero-order valence-electron chi connectivity index (χ0n) is 18.6. The van der Waals surface area contributed by atoms with Gasteiger partial charge in [0.2, 0.25) is 0 Å². The van der Waals surface area contributed by atoms with Crippen molar-refractivity contribution >= 4 is 14.1 Å². The molecule has 8 heteroatoms. The maximum Gasteiger partial charge on any atom is 0.373 e. The van der Waals surface area contributed by atoms with Gasteiger partial charge in [0.25, 0.3) is 0 Å². The van der Waals surface area contributed by atoms with Crippen molar-refractivity contribution in [1.82, 2.24) is 20.7 Å². The van der Waals surface area contributed by atoms with Crippen molar-refractivity contribution in [2.75, 3.05) is 26.2 Å². The summed E-state index contributed by atoms with van der Waals surface area (Å²) < 4.78 is 0.